The van der Waals surface area contributed by atoms with Crippen molar-refractivity contribution in [3.8, 4) is 0 Å². The van der Waals surface area contributed by atoms with E-state index in [4.69, 9.17) is 30.6 Å². The minimum atomic E-state index is -4.84. The highest BCUT2D eigenvalue weighted by atomic mass is 35.5. The van der Waals surface area contributed by atoms with Gasteiger partial charge in [0.25, 0.3) is 0 Å². The third-order valence-electron chi connectivity index (χ3n) is 6.08. The number of benzene rings is 2. The number of aliphatic hydroxyl groups is 2. The molecule has 1 aliphatic heterocycles. The van der Waals surface area contributed by atoms with E-state index in [2.05, 4.69) is 20.3 Å². The Morgan fingerprint density at radius 1 is 1.05 bits per heavy atom. The molecule has 0 bridgehead atoms. The molecular weight excluding hydrogens is 576 g/mol. The van der Waals surface area contributed by atoms with Crippen LogP contribution in [0.15, 0.2) is 48.8 Å². The number of hydrogen-bond acceptors (Lipinski definition) is 10. The standard InChI is InChI=1S/C22H24ClN5O9P2/c23-22-26-19(24-8-12-5-6-13-3-1-2-4-14(13)7-12)16-20(27-22)28(10-25-16)21-18(30)17(29)15(37-21)9-36-39(34,35)11-38(31,32)33/h1-7,10,15,17-18,21,29-30H,8-9,11H2,(H,34,35)(H,24,26,27)(H2,31,32,33)/t15-,17?,18+,21-/m1/s1. The number of imidazole rings is 1. The molecule has 0 spiro atoms. The zero-order chi connectivity index (χ0) is 27.9. The molecule has 1 saturated heterocycles. The second kappa shape index (κ2) is 10.8. The lowest BCUT2D eigenvalue weighted by Crippen LogP contribution is -2.33. The molecule has 0 aliphatic carbocycles. The van der Waals surface area contributed by atoms with E-state index in [0.717, 1.165) is 16.3 Å². The first-order valence-electron chi connectivity index (χ1n) is 11.5. The molecule has 2 aromatic heterocycles. The van der Waals surface area contributed by atoms with Gasteiger partial charge >= 0.3 is 15.2 Å². The van der Waals surface area contributed by atoms with Gasteiger partial charge in [-0.25, -0.2) is 4.98 Å². The fourth-order valence-corrected chi connectivity index (χ4v) is 7.03. The van der Waals surface area contributed by atoms with Gasteiger partial charge in [-0.1, -0.05) is 36.4 Å². The average Bonchev–Trinajstić information content (AvgIpc) is 3.40. The third-order valence-corrected chi connectivity index (χ3v) is 9.71. The van der Waals surface area contributed by atoms with E-state index >= 15 is 0 Å². The van der Waals surface area contributed by atoms with Crippen LogP contribution in [0.2, 0.25) is 5.28 Å². The van der Waals surface area contributed by atoms with E-state index in [0.29, 0.717) is 17.9 Å². The Hall–Kier alpha value is -2.48. The number of aliphatic hydroxyl groups excluding tert-OH is 2. The minimum absolute atomic E-state index is 0.114. The van der Waals surface area contributed by atoms with E-state index in [1.807, 2.05) is 42.5 Å². The minimum Gasteiger partial charge on any atom is -0.387 e. The highest BCUT2D eigenvalue weighted by molar-refractivity contribution is 7.70. The predicted octanol–water partition coefficient (Wildman–Crippen LogP) is 2.20. The first kappa shape index (κ1) is 28.1. The Labute approximate surface area is 225 Å². The lowest BCUT2D eigenvalue weighted by atomic mass is 10.1. The Morgan fingerprint density at radius 2 is 1.79 bits per heavy atom. The Kier molecular flexibility index (Phi) is 7.79. The molecule has 5 rings (SSSR count). The normalized spacial score (nSPS) is 23.3. The molecule has 0 amide bonds. The number of rotatable bonds is 9. The van der Waals surface area contributed by atoms with Crippen LogP contribution in [0, 0.1) is 0 Å². The summed E-state index contributed by atoms with van der Waals surface area (Å²) in [5.41, 5.74) is 1.48. The monoisotopic (exact) mass is 599 g/mol. The molecule has 5 atom stereocenters. The van der Waals surface area contributed by atoms with Crippen molar-refractivity contribution in [2.24, 2.45) is 0 Å². The van der Waals surface area contributed by atoms with Crippen LogP contribution in [0.5, 0.6) is 0 Å². The molecule has 0 saturated carbocycles. The van der Waals surface area contributed by atoms with Crippen LogP contribution in [-0.4, -0.2) is 75.2 Å². The molecule has 1 fully saturated rings. The maximum Gasteiger partial charge on any atom is 0.340 e. The predicted molar refractivity (Wildman–Crippen MR) is 140 cm³/mol. The second-order valence-electron chi connectivity index (χ2n) is 8.99. The van der Waals surface area contributed by atoms with Crippen molar-refractivity contribution in [3.05, 3.63) is 59.6 Å². The Bertz CT molecular complexity index is 1620. The largest absolute Gasteiger partial charge is 0.387 e. The van der Waals surface area contributed by atoms with Crippen molar-refractivity contribution < 1.29 is 43.3 Å². The molecular formula is C22H24ClN5O9P2. The summed E-state index contributed by atoms with van der Waals surface area (Å²) < 4.78 is 34.7. The summed E-state index contributed by atoms with van der Waals surface area (Å²) in [6.45, 7) is -0.319. The van der Waals surface area contributed by atoms with Crippen LogP contribution in [0.1, 0.15) is 11.8 Å². The fourth-order valence-electron chi connectivity index (χ4n) is 4.29. The summed E-state index contributed by atoms with van der Waals surface area (Å²) in [6.07, 6.45) is -4.32. The van der Waals surface area contributed by atoms with Crippen LogP contribution < -0.4 is 5.32 Å². The third kappa shape index (κ3) is 6.31. The zero-order valence-electron chi connectivity index (χ0n) is 20.0. The molecule has 2 aromatic carbocycles. The number of fused-ring (bicyclic) bond motifs is 2. The summed E-state index contributed by atoms with van der Waals surface area (Å²) in [5, 5.41) is 26.3. The van der Waals surface area contributed by atoms with Crippen molar-refractivity contribution in [3.63, 3.8) is 0 Å². The highest BCUT2D eigenvalue weighted by Gasteiger charge is 2.45. The fraction of sp³-hybridized carbons (Fsp3) is 0.318. The number of nitrogens with zero attached hydrogens (tertiary/aromatic N) is 4. The van der Waals surface area contributed by atoms with Crippen LogP contribution in [0.25, 0.3) is 21.9 Å². The van der Waals surface area contributed by atoms with Gasteiger partial charge in [0, 0.05) is 6.54 Å². The zero-order valence-corrected chi connectivity index (χ0v) is 22.5. The first-order chi connectivity index (χ1) is 18.4. The van der Waals surface area contributed by atoms with Crippen molar-refractivity contribution in [2.45, 2.75) is 31.1 Å². The van der Waals surface area contributed by atoms with E-state index < -0.39 is 52.2 Å². The lowest BCUT2D eigenvalue weighted by Gasteiger charge is -2.18. The topological polar surface area (TPSA) is 209 Å². The molecule has 17 heteroatoms. The maximum absolute atomic E-state index is 12.0. The van der Waals surface area contributed by atoms with Gasteiger partial charge in [-0.15, -0.1) is 0 Å². The number of aromatic nitrogens is 4. The number of hydrogen-bond donors (Lipinski definition) is 6. The van der Waals surface area contributed by atoms with Crippen LogP contribution in [-0.2, 0) is 24.9 Å². The summed E-state index contributed by atoms with van der Waals surface area (Å²) in [4.78, 5) is 40.3. The molecule has 2 unspecified atom stereocenters. The lowest BCUT2D eigenvalue weighted by molar-refractivity contribution is -0.0483. The second-order valence-corrected chi connectivity index (χ2v) is 13.3. The van der Waals surface area contributed by atoms with Crippen LogP contribution >= 0.6 is 26.8 Å². The van der Waals surface area contributed by atoms with Crippen molar-refractivity contribution in [2.75, 3.05) is 17.8 Å². The van der Waals surface area contributed by atoms with E-state index in [9.17, 15) is 24.2 Å². The van der Waals surface area contributed by atoms with Gasteiger partial charge in [-0.05, 0) is 34.0 Å². The molecule has 208 valence electrons. The van der Waals surface area contributed by atoms with Crippen molar-refractivity contribution >= 4 is 54.5 Å². The Balaban J connectivity index is 1.34. The quantitative estimate of drug-likeness (QED) is 0.120. The van der Waals surface area contributed by atoms with Crippen LogP contribution in [0.4, 0.5) is 5.82 Å². The first-order valence-corrected chi connectivity index (χ1v) is 15.5. The maximum atomic E-state index is 12.0. The van der Waals surface area contributed by atoms with E-state index in [1.165, 1.54) is 10.9 Å². The number of halogens is 1. The summed E-state index contributed by atoms with van der Waals surface area (Å²) in [5.74, 6) is -1.07. The highest BCUT2D eigenvalue weighted by Crippen LogP contribution is 2.55. The van der Waals surface area contributed by atoms with Gasteiger partial charge in [-0.2, -0.15) is 9.97 Å². The summed E-state index contributed by atoms with van der Waals surface area (Å²) >= 11 is 6.17. The van der Waals surface area contributed by atoms with Gasteiger partial charge < -0.3 is 39.5 Å². The average molecular weight is 600 g/mol. The van der Waals surface area contributed by atoms with Gasteiger partial charge in [0.2, 0.25) is 5.28 Å². The summed E-state index contributed by atoms with van der Waals surface area (Å²) in [7, 11) is -9.53. The number of anilines is 1. The number of ether oxygens (including phenoxy) is 1. The molecule has 3 heterocycles. The molecule has 1 aliphatic rings. The van der Waals surface area contributed by atoms with Crippen molar-refractivity contribution in [1.82, 2.24) is 19.5 Å². The molecule has 39 heavy (non-hydrogen) atoms. The number of nitrogens with one attached hydrogen (secondary N) is 1. The molecule has 0 radical (unpaired) electrons. The van der Waals surface area contributed by atoms with Gasteiger partial charge in [-0.3, -0.25) is 13.7 Å². The SMILES string of the molecule is O=P(O)(O)CP(=O)(O)OC[C@H]1O[C@@H](n2cnc3c(NCc4ccc5ccccc5c4)nc(Cl)nc32)[C@@H](O)C1O. The van der Waals surface area contributed by atoms with Crippen molar-refractivity contribution in [1.29, 1.82) is 0 Å². The molecule has 4 aromatic rings. The van der Waals surface area contributed by atoms with E-state index in [1.54, 1.807) is 0 Å². The molecule has 14 nitrogen and oxygen atoms in total. The van der Waals surface area contributed by atoms with Crippen LogP contribution in [0.3, 0.4) is 0 Å². The van der Waals surface area contributed by atoms with Gasteiger partial charge in [0.05, 0.1) is 12.9 Å². The van der Waals surface area contributed by atoms with Gasteiger partial charge in [0.1, 0.15) is 18.3 Å². The van der Waals surface area contributed by atoms with E-state index in [-0.39, 0.29) is 10.9 Å². The smallest absolute Gasteiger partial charge is 0.340 e. The summed E-state index contributed by atoms with van der Waals surface area (Å²) in [6, 6.07) is 14.0. The molecule has 6 N–H and O–H groups in total. The van der Waals surface area contributed by atoms with Gasteiger partial charge in [0.15, 0.2) is 29.1 Å². The Morgan fingerprint density at radius 3 is 2.54 bits per heavy atom.